The number of anilines is 2. The number of benzene rings is 1. The van der Waals surface area contributed by atoms with Crippen LogP contribution in [0.2, 0.25) is 5.02 Å². The van der Waals surface area contributed by atoms with E-state index in [0.717, 1.165) is 0 Å². The maximum absolute atomic E-state index is 11.9. The quantitative estimate of drug-likeness (QED) is 0.904. The molecule has 1 aromatic heterocycles. The molecule has 1 aromatic carbocycles. The molecule has 0 radical (unpaired) electrons. The van der Waals surface area contributed by atoms with E-state index in [4.69, 9.17) is 16.9 Å². The number of rotatable bonds is 3. The van der Waals surface area contributed by atoms with Gasteiger partial charge in [-0.1, -0.05) is 11.6 Å². The van der Waals surface area contributed by atoms with Crippen molar-refractivity contribution in [1.29, 1.82) is 5.26 Å². The summed E-state index contributed by atoms with van der Waals surface area (Å²) in [6, 6.07) is 6.58. The average Bonchev–Trinajstić information content (AvgIpc) is 2.47. The number of nitrogens with one attached hydrogen (secondary N) is 2. The lowest BCUT2D eigenvalue weighted by Gasteiger charge is -2.06. The van der Waals surface area contributed by atoms with Crippen molar-refractivity contribution in [1.82, 2.24) is 9.97 Å². The van der Waals surface area contributed by atoms with Crippen molar-refractivity contribution < 1.29 is 4.79 Å². The highest BCUT2D eigenvalue weighted by molar-refractivity contribution is 6.32. The summed E-state index contributed by atoms with van der Waals surface area (Å²) in [5.41, 5.74) is 1.02. The highest BCUT2D eigenvalue weighted by atomic mass is 35.5. The van der Waals surface area contributed by atoms with Gasteiger partial charge in [0.05, 0.1) is 23.0 Å². The van der Waals surface area contributed by atoms with Gasteiger partial charge in [0.15, 0.2) is 0 Å². The maximum atomic E-state index is 11.9. The number of carbonyl (C=O) groups excluding carboxylic acids is 1. The van der Waals surface area contributed by atoms with Crippen LogP contribution in [-0.2, 0) is 0 Å². The highest BCUT2D eigenvalue weighted by Crippen LogP contribution is 2.20. The molecule has 0 aliphatic rings. The molecule has 0 unspecified atom stereocenters. The second-order valence-electron chi connectivity index (χ2n) is 3.80. The van der Waals surface area contributed by atoms with Crippen molar-refractivity contribution in [3.05, 3.63) is 46.9 Å². The molecule has 1 amide bonds. The first kappa shape index (κ1) is 13.8. The first-order valence-corrected chi connectivity index (χ1v) is 6.02. The Morgan fingerprint density at radius 3 is 2.70 bits per heavy atom. The van der Waals surface area contributed by atoms with Crippen molar-refractivity contribution in [2.75, 3.05) is 17.7 Å². The second-order valence-corrected chi connectivity index (χ2v) is 4.20. The molecule has 7 heteroatoms. The second kappa shape index (κ2) is 5.99. The van der Waals surface area contributed by atoms with E-state index in [1.54, 1.807) is 13.1 Å². The number of carbonyl (C=O) groups is 1. The smallest absolute Gasteiger partial charge is 0.275 e. The maximum Gasteiger partial charge on any atom is 0.275 e. The number of aromatic nitrogens is 2. The summed E-state index contributed by atoms with van der Waals surface area (Å²) in [6.45, 7) is 0. The molecule has 0 aliphatic heterocycles. The predicted octanol–water partition coefficient (Wildman–Crippen LogP) is 2.30. The summed E-state index contributed by atoms with van der Waals surface area (Å²) in [7, 11) is 1.71. The summed E-state index contributed by atoms with van der Waals surface area (Å²) in [5.74, 6) is 0.170. The number of hydrogen-bond donors (Lipinski definition) is 2. The summed E-state index contributed by atoms with van der Waals surface area (Å²) in [4.78, 5) is 19.9. The molecule has 0 fully saturated rings. The van der Waals surface area contributed by atoms with Crippen molar-refractivity contribution in [2.24, 2.45) is 0 Å². The summed E-state index contributed by atoms with van der Waals surface area (Å²) in [6.07, 6.45) is 2.83. The fourth-order valence-electron chi connectivity index (χ4n) is 1.45. The molecule has 0 spiro atoms. The van der Waals surface area contributed by atoms with Gasteiger partial charge in [0.1, 0.15) is 17.6 Å². The SMILES string of the molecule is CNc1cnc(C(=O)Nc2ccc(C#N)c(Cl)c2)cn1. The first-order valence-electron chi connectivity index (χ1n) is 5.65. The molecular formula is C13H10ClN5O. The Balaban J connectivity index is 2.15. The van der Waals surface area contributed by atoms with Gasteiger partial charge in [-0.2, -0.15) is 5.26 Å². The van der Waals surface area contributed by atoms with Gasteiger partial charge in [-0.15, -0.1) is 0 Å². The van der Waals surface area contributed by atoms with Crippen molar-refractivity contribution in [3.63, 3.8) is 0 Å². The monoisotopic (exact) mass is 287 g/mol. The fourth-order valence-corrected chi connectivity index (χ4v) is 1.68. The zero-order valence-corrected chi connectivity index (χ0v) is 11.3. The largest absolute Gasteiger partial charge is 0.372 e. The van der Waals surface area contributed by atoms with Crippen molar-refractivity contribution in [3.8, 4) is 6.07 Å². The average molecular weight is 288 g/mol. The van der Waals surface area contributed by atoms with E-state index >= 15 is 0 Å². The van der Waals surface area contributed by atoms with Crippen LogP contribution in [0.5, 0.6) is 0 Å². The minimum Gasteiger partial charge on any atom is -0.372 e. The van der Waals surface area contributed by atoms with E-state index in [0.29, 0.717) is 17.1 Å². The Morgan fingerprint density at radius 1 is 1.35 bits per heavy atom. The van der Waals surface area contributed by atoms with E-state index in [1.807, 2.05) is 6.07 Å². The number of nitriles is 1. The van der Waals surface area contributed by atoms with Crippen LogP contribution in [0.25, 0.3) is 0 Å². The van der Waals surface area contributed by atoms with Crippen LogP contribution in [0, 0.1) is 11.3 Å². The third-order valence-electron chi connectivity index (χ3n) is 2.49. The molecule has 1 heterocycles. The van der Waals surface area contributed by atoms with Gasteiger partial charge in [-0.25, -0.2) is 9.97 Å². The van der Waals surface area contributed by atoms with Crippen LogP contribution in [0.1, 0.15) is 16.1 Å². The van der Waals surface area contributed by atoms with Crippen LogP contribution in [0.15, 0.2) is 30.6 Å². The number of halogens is 1. The van der Waals surface area contributed by atoms with Crippen molar-refractivity contribution >= 4 is 29.0 Å². The van der Waals surface area contributed by atoms with Gasteiger partial charge < -0.3 is 10.6 Å². The Hall–Kier alpha value is -2.65. The van der Waals surface area contributed by atoms with Gasteiger partial charge in [0.2, 0.25) is 0 Å². The Bertz CT molecular complexity index is 678. The summed E-state index contributed by atoms with van der Waals surface area (Å²) in [5, 5.41) is 14.5. The zero-order chi connectivity index (χ0) is 14.5. The molecule has 0 aliphatic carbocycles. The topological polar surface area (TPSA) is 90.7 Å². The van der Waals surface area contributed by atoms with Gasteiger partial charge in [0, 0.05) is 12.7 Å². The van der Waals surface area contributed by atoms with E-state index < -0.39 is 5.91 Å². The molecule has 0 atom stereocenters. The minimum absolute atomic E-state index is 0.185. The van der Waals surface area contributed by atoms with Crippen LogP contribution >= 0.6 is 11.6 Å². The molecule has 6 nitrogen and oxygen atoms in total. The Kier molecular flexibility index (Phi) is 4.13. The molecule has 0 bridgehead atoms. The summed E-state index contributed by atoms with van der Waals surface area (Å²) >= 11 is 5.89. The molecule has 0 saturated carbocycles. The molecule has 100 valence electrons. The molecular weight excluding hydrogens is 278 g/mol. The normalized spacial score (nSPS) is 9.65. The van der Waals surface area contributed by atoms with Crippen molar-refractivity contribution in [2.45, 2.75) is 0 Å². The standard InChI is InChI=1S/C13H10ClN5O/c1-16-12-7-17-11(6-18-12)13(20)19-9-3-2-8(5-15)10(14)4-9/h2-4,6-7H,1H3,(H,16,18)(H,19,20). The van der Waals surface area contributed by atoms with Crippen LogP contribution in [0.3, 0.4) is 0 Å². The minimum atomic E-state index is -0.402. The Labute approximate surface area is 120 Å². The first-order chi connectivity index (χ1) is 9.63. The molecule has 2 rings (SSSR count). The molecule has 2 N–H and O–H groups in total. The lowest BCUT2D eigenvalue weighted by molar-refractivity contribution is 0.102. The number of amides is 1. The van der Waals surface area contributed by atoms with Gasteiger partial charge in [0.25, 0.3) is 5.91 Å². The number of hydrogen-bond acceptors (Lipinski definition) is 5. The van der Waals surface area contributed by atoms with Gasteiger partial charge in [-0.05, 0) is 18.2 Å². The zero-order valence-electron chi connectivity index (χ0n) is 10.5. The van der Waals surface area contributed by atoms with E-state index in [9.17, 15) is 4.79 Å². The highest BCUT2D eigenvalue weighted by Gasteiger charge is 2.09. The fraction of sp³-hybridized carbons (Fsp3) is 0.0769. The van der Waals surface area contributed by atoms with Crippen LogP contribution in [-0.4, -0.2) is 22.9 Å². The molecule has 2 aromatic rings. The predicted molar refractivity (Wildman–Crippen MR) is 75.7 cm³/mol. The van der Waals surface area contributed by atoms with Crippen LogP contribution in [0.4, 0.5) is 11.5 Å². The third-order valence-corrected chi connectivity index (χ3v) is 2.80. The number of nitrogens with zero attached hydrogens (tertiary/aromatic N) is 3. The van der Waals surface area contributed by atoms with Gasteiger partial charge in [-0.3, -0.25) is 4.79 Å². The third kappa shape index (κ3) is 3.02. The van der Waals surface area contributed by atoms with E-state index in [1.165, 1.54) is 24.5 Å². The van der Waals surface area contributed by atoms with E-state index in [-0.39, 0.29) is 10.7 Å². The van der Waals surface area contributed by atoms with E-state index in [2.05, 4.69) is 20.6 Å². The van der Waals surface area contributed by atoms with Crippen LogP contribution < -0.4 is 10.6 Å². The molecule has 20 heavy (non-hydrogen) atoms. The van der Waals surface area contributed by atoms with Gasteiger partial charge >= 0.3 is 0 Å². The lowest BCUT2D eigenvalue weighted by atomic mass is 10.2. The summed E-state index contributed by atoms with van der Waals surface area (Å²) < 4.78 is 0. The molecule has 0 saturated heterocycles. The Morgan fingerprint density at radius 2 is 2.15 bits per heavy atom. The lowest BCUT2D eigenvalue weighted by Crippen LogP contribution is -2.14.